The summed E-state index contributed by atoms with van der Waals surface area (Å²) < 4.78 is 42.3. The topological polar surface area (TPSA) is 156 Å². The molecule has 1 aromatic rings. The molecule has 7 fully saturated rings. The Kier molecular flexibility index (Phi) is 7.38. The number of carbonyl (C=O) groups excluding carboxylic acids is 4. The van der Waals surface area contributed by atoms with Gasteiger partial charge < -0.3 is 38.3 Å². The largest absolute Gasteiger partial charge is 0.493 e. The van der Waals surface area contributed by atoms with Crippen LogP contribution in [0.3, 0.4) is 0 Å². The number of aliphatic hydroxyl groups is 1. The molecule has 1 unspecified atom stereocenters. The summed E-state index contributed by atoms with van der Waals surface area (Å²) in [7, 11) is 2.99. The van der Waals surface area contributed by atoms with E-state index < -0.39 is 88.6 Å². The van der Waals surface area contributed by atoms with E-state index in [0.717, 1.165) is 0 Å². The van der Waals surface area contributed by atoms with Crippen LogP contribution in [0.5, 0.6) is 11.5 Å². The Morgan fingerprint density at radius 1 is 0.918 bits per heavy atom. The van der Waals surface area contributed by atoms with Crippen molar-refractivity contribution in [1.82, 2.24) is 4.90 Å². The highest BCUT2D eigenvalue weighted by Crippen LogP contribution is 2.81. The number of rotatable bonds is 8. The summed E-state index contributed by atoms with van der Waals surface area (Å²) in [5.41, 5.74) is -2.49. The average molecular weight is 684 g/mol. The van der Waals surface area contributed by atoms with Crippen molar-refractivity contribution in [2.45, 2.75) is 89.1 Å². The molecule has 13 nitrogen and oxygen atoms in total. The number of methoxy groups -OCH3 is 2. The summed E-state index contributed by atoms with van der Waals surface area (Å²) in [4.78, 5) is 54.3. The van der Waals surface area contributed by atoms with E-state index in [-0.39, 0.29) is 29.9 Å². The molecule has 2 aliphatic heterocycles. The first kappa shape index (κ1) is 32.8. The van der Waals surface area contributed by atoms with Gasteiger partial charge in [0.2, 0.25) is 0 Å². The van der Waals surface area contributed by atoms with Crippen LogP contribution in [0.2, 0.25) is 0 Å². The van der Waals surface area contributed by atoms with E-state index in [1.807, 2.05) is 0 Å². The van der Waals surface area contributed by atoms with Crippen molar-refractivity contribution < 1.29 is 57.4 Å². The second-order valence-electron chi connectivity index (χ2n) is 15.3. The van der Waals surface area contributed by atoms with E-state index in [2.05, 4.69) is 11.8 Å². The summed E-state index contributed by atoms with van der Waals surface area (Å²) in [6, 6.07) is 4.56. The van der Waals surface area contributed by atoms with Crippen molar-refractivity contribution in [3.8, 4) is 11.5 Å². The highest BCUT2D eigenvalue weighted by Gasteiger charge is 2.90. The van der Waals surface area contributed by atoms with Gasteiger partial charge in [0.1, 0.15) is 24.4 Å². The van der Waals surface area contributed by atoms with Gasteiger partial charge in [-0.05, 0) is 37.1 Å². The molecule has 7 bridgehead atoms. The third-order valence-corrected chi connectivity index (χ3v) is 13.5. The zero-order chi connectivity index (χ0) is 34.8. The second-order valence-corrected chi connectivity index (χ2v) is 15.3. The van der Waals surface area contributed by atoms with Crippen molar-refractivity contribution in [3.05, 3.63) is 23.8 Å². The van der Waals surface area contributed by atoms with Crippen LogP contribution in [-0.2, 0) is 38.1 Å². The molecule has 2 saturated heterocycles. The van der Waals surface area contributed by atoms with Crippen LogP contribution in [0.1, 0.15) is 57.3 Å². The molecule has 0 amide bonds. The molecule has 14 atom stereocenters. The first-order chi connectivity index (χ1) is 23.3. The molecule has 0 aromatic heterocycles. The van der Waals surface area contributed by atoms with Gasteiger partial charge in [-0.15, -0.1) is 0 Å². The molecule has 8 rings (SSSR count). The van der Waals surface area contributed by atoms with E-state index in [9.17, 15) is 24.3 Å². The molecule has 266 valence electrons. The average Bonchev–Trinajstić information content (AvgIpc) is 3.65. The van der Waals surface area contributed by atoms with E-state index >= 15 is 0 Å². The first-order valence-corrected chi connectivity index (χ1v) is 17.4. The van der Waals surface area contributed by atoms with E-state index in [1.165, 1.54) is 35.0 Å². The fraction of sp³-hybridized carbons (Fsp3) is 0.722. The lowest BCUT2D eigenvalue weighted by Crippen LogP contribution is -2.78. The fourth-order valence-corrected chi connectivity index (χ4v) is 12.6. The summed E-state index contributed by atoms with van der Waals surface area (Å²) in [6.07, 6.45) is -2.21. The number of piperidine rings is 1. The van der Waals surface area contributed by atoms with Gasteiger partial charge in [0, 0.05) is 80.7 Å². The summed E-state index contributed by atoms with van der Waals surface area (Å²) >= 11 is 0. The van der Waals surface area contributed by atoms with Gasteiger partial charge in [0.05, 0.1) is 38.1 Å². The van der Waals surface area contributed by atoms with Crippen molar-refractivity contribution >= 4 is 23.9 Å². The minimum Gasteiger partial charge on any atom is -0.493 e. The smallest absolute Gasteiger partial charge is 0.338 e. The van der Waals surface area contributed by atoms with Crippen molar-refractivity contribution in [3.63, 3.8) is 0 Å². The molecule has 49 heavy (non-hydrogen) atoms. The standard InChI is InChI=1S/C36H45NO12/c1-7-37-14-34-15-45-30-28-32(37)36(31(30)34,26(48-18(4)40)12-25(34)47-17(3)39)21-11-20-24(46-16(2)38)13-35(28,42)27(21)29(20)49-33(41)19-8-9-22(43-5)23(10-19)44-6/h8-10,20-21,24-32,42H,7,11-15H2,1-6H3/t20-,21-,24+,25-,26+,27-,28-,29+,30+,31-,32?,34+,35-,36+/m1/s1. The zero-order valence-corrected chi connectivity index (χ0v) is 28.7. The Hall–Kier alpha value is -3.42. The van der Waals surface area contributed by atoms with E-state index in [0.29, 0.717) is 44.0 Å². The van der Waals surface area contributed by atoms with E-state index in [1.54, 1.807) is 18.2 Å². The Bertz CT molecular complexity index is 1600. The lowest BCUT2D eigenvalue weighted by Gasteiger charge is -2.69. The maximum atomic E-state index is 14.0. The van der Waals surface area contributed by atoms with Crippen LogP contribution in [-0.4, -0.2) is 110 Å². The van der Waals surface area contributed by atoms with Crippen LogP contribution in [0, 0.1) is 40.4 Å². The zero-order valence-electron chi connectivity index (χ0n) is 28.7. The predicted octanol–water partition coefficient (Wildman–Crippen LogP) is 2.15. The number of hydrogen-bond acceptors (Lipinski definition) is 13. The minimum absolute atomic E-state index is 0.169. The number of esters is 4. The molecule has 1 spiro atoms. The normalized spacial score (nSPS) is 44.9. The molecule has 7 aliphatic rings. The monoisotopic (exact) mass is 683 g/mol. The molecule has 5 saturated carbocycles. The number of hydrogen-bond donors (Lipinski definition) is 1. The maximum Gasteiger partial charge on any atom is 0.338 e. The highest BCUT2D eigenvalue weighted by molar-refractivity contribution is 5.90. The lowest BCUT2D eigenvalue weighted by atomic mass is 9.42. The maximum absolute atomic E-state index is 14.0. The highest BCUT2D eigenvalue weighted by atomic mass is 16.6. The SMILES string of the molecule is CCN1C[C@@]23CO[C@@H]4[C@H]2[C@@]2(C1[C@@H]4[C@@]1(O)C[C@H](OC(C)=O)[C@H]4C[C@@H]2[C@@H]1[C@H]4OC(=O)c1ccc(OC)c(OC)c1)[C@@H](OC(C)=O)C[C@H]3OC(C)=O. The van der Waals surface area contributed by atoms with Crippen LogP contribution in [0.25, 0.3) is 0 Å². The van der Waals surface area contributed by atoms with Gasteiger partial charge in [-0.25, -0.2) is 4.79 Å². The number of fused-ring (bicyclic) bond motifs is 3. The van der Waals surface area contributed by atoms with Gasteiger partial charge in [0.15, 0.2) is 11.5 Å². The van der Waals surface area contributed by atoms with Crippen molar-refractivity contribution in [2.75, 3.05) is 33.9 Å². The van der Waals surface area contributed by atoms with Gasteiger partial charge >= 0.3 is 23.9 Å². The third-order valence-electron chi connectivity index (χ3n) is 13.5. The van der Waals surface area contributed by atoms with Crippen LogP contribution in [0.15, 0.2) is 18.2 Å². The Morgan fingerprint density at radius 2 is 1.61 bits per heavy atom. The summed E-state index contributed by atoms with van der Waals surface area (Å²) in [6.45, 7) is 7.83. The van der Waals surface area contributed by atoms with Gasteiger partial charge in [0.25, 0.3) is 0 Å². The summed E-state index contributed by atoms with van der Waals surface area (Å²) in [5, 5.41) is 13.3. The van der Waals surface area contributed by atoms with Crippen molar-refractivity contribution in [2.24, 2.45) is 40.4 Å². The first-order valence-electron chi connectivity index (χ1n) is 17.4. The van der Waals surface area contributed by atoms with Gasteiger partial charge in [-0.1, -0.05) is 6.92 Å². The molecule has 1 N–H and O–H groups in total. The number of likely N-dealkylation sites (tertiary alicyclic amines) is 1. The van der Waals surface area contributed by atoms with Gasteiger partial charge in [-0.2, -0.15) is 0 Å². The number of benzene rings is 1. The Morgan fingerprint density at radius 3 is 2.27 bits per heavy atom. The quantitative estimate of drug-likeness (QED) is 0.315. The minimum atomic E-state index is -1.45. The number of carbonyl (C=O) groups is 4. The molecule has 1 aromatic carbocycles. The van der Waals surface area contributed by atoms with Crippen LogP contribution >= 0.6 is 0 Å². The molecule has 0 radical (unpaired) electrons. The Labute approximate surface area is 284 Å². The molecular formula is C36H45NO12. The van der Waals surface area contributed by atoms with Crippen molar-refractivity contribution in [1.29, 1.82) is 0 Å². The number of nitrogens with zero attached hydrogens (tertiary/aromatic N) is 1. The van der Waals surface area contributed by atoms with Crippen LogP contribution in [0.4, 0.5) is 0 Å². The fourth-order valence-electron chi connectivity index (χ4n) is 12.6. The molecule has 5 aliphatic carbocycles. The second kappa shape index (κ2) is 11.0. The third kappa shape index (κ3) is 4.15. The van der Waals surface area contributed by atoms with Gasteiger partial charge in [-0.3, -0.25) is 19.3 Å². The molecular weight excluding hydrogens is 638 g/mol. The number of ether oxygens (including phenoxy) is 7. The lowest BCUT2D eigenvalue weighted by molar-refractivity contribution is -0.292. The predicted molar refractivity (Wildman–Crippen MR) is 167 cm³/mol. The van der Waals surface area contributed by atoms with Crippen LogP contribution < -0.4 is 9.47 Å². The van der Waals surface area contributed by atoms with E-state index in [4.69, 9.17) is 33.2 Å². The molecule has 13 heteroatoms. The molecule has 2 heterocycles. The summed E-state index contributed by atoms with van der Waals surface area (Å²) in [5.74, 6) is -3.01. The Balaban J connectivity index is 1.28.